The maximum atomic E-state index is 13.1. The number of halogens is 2. The molecule has 66 heavy (non-hydrogen) atoms. The molecule has 0 spiro atoms. The third-order valence-electron chi connectivity index (χ3n) is 9.94. The van der Waals surface area contributed by atoms with Gasteiger partial charge in [0.2, 0.25) is 30.3 Å². The Morgan fingerprint density at radius 1 is 0.621 bits per heavy atom. The highest BCUT2D eigenvalue weighted by atomic mass is 32.2. The molecule has 4 aromatic carbocycles. The minimum Gasteiger partial charge on any atom is -0.508 e. The van der Waals surface area contributed by atoms with Gasteiger partial charge in [0.05, 0.1) is 9.79 Å². The average molecular weight is 987 g/mol. The number of nitrogens with zero attached hydrogens (tertiary/aromatic N) is 8. The lowest BCUT2D eigenvalue weighted by molar-refractivity contribution is -0.134. The standard InChI is InChI=1S/C22H23FN4O4S2.C19H19FN4O3S2.C2H6O.CH4/c1-2-21(28)31-18-7-9-19(10-8-18)33(29,30)27-13-11-26(12-14-27)22-24-20(25-32-22)15-16-3-5-17(23)6-4-16;20-15-3-1-14(2-4-15)13-18-21-19(28-22-18)23-9-11-24(12-10-23)29(26,27)17-7-5-16(25)6-8-17;1-2-3;/h3-10H,2,11-15H2,1H3;1-8,25H,9-13H2;3H,2H2,1H3;1H4. The number of carbonyl (C=O) groups is 1. The highest BCUT2D eigenvalue weighted by Crippen LogP contribution is 2.27. The molecule has 0 saturated carbocycles. The number of anilines is 2. The molecule has 16 nitrogen and oxygen atoms in total. The molecular weight excluding hydrogens is 935 g/mol. The normalized spacial score (nSPS) is 14.6. The van der Waals surface area contributed by atoms with E-state index in [1.165, 1.54) is 104 Å². The van der Waals surface area contributed by atoms with Gasteiger partial charge >= 0.3 is 5.97 Å². The van der Waals surface area contributed by atoms with Crippen molar-refractivity contribution in [2.45, 2.75) is 50.3 Å². The number of aromatic hydroxyl groups is 1. The van der Waals surface area contributed by atoms with Crippen LogP contribution in [0.15, 0.2) is 107 Å². The summed E-state index contributed by atoms with van der Waals surface area (Å²) in [4.78, 5) is 24.9. The van der Waals surface area contributed by atoms with Gasteiger partial charge in [0.1, 0.15) is 34.8 Å². The summed E-state index contributed by atoms with van der Waals surface area (Å²) in [5.41, 5.74) is 1.85. The summed E-state index contributed by atoms with van der Waals surface area (Å²) >= 11 is 2.55. The third kappa shape index (κ3) is 13.8. The van der Waals surface area contributed by atoms with Crippen LogP contribution in [0.25, 0.3) is 0 Å². The fourth-order valence-electron chi connectivity index (χ4n) is 6.50. The van der Waals surface area contributed by atoms with E-state index in [0.717, 1.165) is 21.4 Å². The van der Waals surface area contributed by atoms with E-state index in [1.807, 2.05) is 9.80 Å². The largest absolute Gasteiger partial charge is 0.508 e. The first kappa shape index (κ1) is 51.5. The van der Waals surface area contributed by atoms with Crippen molar-refractivity contribution in [2.75, 3.05) is 68.8 Å². The van der Waals surface area contributed by atoms with Gasteiger partial charge in [-0.3, -0.25) is 4.79 Å². The maximum absolute atomic E-state index is 13.1. The number of phenolic OH excluding ortho intramolecular Hbond substituents is 1. The number of sulfonamides is 2. The van der Waals surface area contributed by atoms with Gasteiger partial charge in [-0.15, -0.1) is 0 Å². The number of hydrogen-bond donors (Lipinski definition) is 2. The fraction of sp³-hybridized carbons (Fsp3) is 0.341. The lowest BCUT2D eigenvalue weighted by Gasteiger charge is -2.33. The van der Waals surface area contributed by atoms with Crippen molar-refractivity contribution in [3.05, 3.63) is 131 Å². The van der Waals surface area contributed by atoms with Crippen LogP contribution in [-0.4, -0.2) is 119 Å². The van der Waals surface area contributed by atoms with Gasteiger partial charge in [0, 0.05) is 101 Å². The number of carbonyl (C=O) groups excluding carboxylic acids is 1. The van der Waals surface area contributed by atoms with Crippen molar-refractivity contribution in [2.24, 2.45) is 0 Å². The summed E-state index contributed by atoms with van der Waals surface area (Å²) in [6.45, 7) is 6.98. The number of hydrogen-bond acceptors (Lipinski definition) is 16. The predicted octanol–water partition coefficient (Wildman–Crippen LogP) is 6.21. The first-order valence-electron chi connectivity index (χ1n) is 20.5. The van der Waals surface area contributed by atoms with Crippen LogP contribution in [0, 0.1) is 11.6 Å². The molecule has 0 radical (unpaired) electrons. The van der Waals surface area contributed by atoms with E-state index in [4.69, 9.17) is 9.84 Å². The highest BCUT2D eigenvalue weighted by Gasteiger charge is 2.31. The quantitative estimate of drug-likeness (QED) is 0.104. The average Bonchev–Trinajstić information content (AvgIpc) is 3.99. The molecule has 2 N–H and O–H groups in total. The molecule has 0 atom stereocenters. The van der Waals surface area contributed by atoms with Gasteiger partial charge in [-0.1, -0.05) is 38.6 Å². The van der Waals surface area contributed by atoms with Crippen molar-refractivity contribution < 1.29 is 45.4 Å². The SMILES string of the molecule is C.CCC(=O)Oc1ccc(S(=O)(=O)N2CCN(c3nc(Cc4ccc(F)cc4)ns3)CC2)cc1.CCO.O=S(=O)(c1ccc(O)cc1)N1CCN(c2nc(Cc3ccc(F)cc3)ns2)CC1. The van der Waals surface area contributed by atoms with Crippen LogP contribution >= 0.6 is 23.1 Å². The van der Waals surface area contributed by atoms with Crippen molar-refractivity contribution in [1.82, 2.24) is 27.3 Å². The first-order chi connectivity index (χ1) is 31.2. The van der Waals surface area contributed by atoms with Crippen molar-refractivity contribution in [3.8, 4) is 11.5 Å². The number of aliphatic hydroxyl groups excluding tert-OH is 1. The number of ether oxygens (including phenoxy) is 1. The summed E-state index contributed by atoms with van der Waals surface area (Å²) in [7, 11) is -7.25. The number of aliphatic hydroxyl groups is 1. The molecule has 0 amide bonds. The molecular formula is C44H52F2N8O8S4. The molecule has 2 aromatic heterocycles. The second-order valence-electron chi connectivity index (χ2n) is 14.5. The molecule has 22 heteroatoms. The number of rotatable bonds is 12. The molecule has 2 fully saturated rings. The van der Waals surface area contributed by atoms with E-state index in [2.05, 4.69) is 18.7 Å². The van der Waals surface area contributed by atoms with E-state index in [9.17, 15) is 35.5 Å². The molecule has 0 unspecified atom stereocenters. The molecule has 4 heterocycles. The van der Waals surface area contributed by atoms with Crippen LogP contribution in [-0.2, 0) is 37.7 Å². The molecule has 354 valence electrons. The predicted molar refractivity (Wildman–Crippen MR) is 250 cm³/mol. The van der Waals surface area contributed by atoms with Crippen LogP contribution in [0.2, 0.25) is 0 Å². The molecule has 8 rings (SSSR count). The minimum atomic E-state index is -3.65. The minimum absolute atomic E-state index is 0. The topological polar surface area (TPSA) is 200 Å². The Balaban J connectivity index is 0.000000232. The van der Waals surface area contributed by atoms with Crippen LogP contribution in [0.5, 0.6) is 11.5 Å². The number of aromatic nitrogens is 4. The molecule has 2 aliphatic rings. The van der Waals surface area contributed by atoms with Gasteiger partial charge < -0.3 is 24.7 Å². The molecule has 2 aliphatic heterocycles. The summed E-state index contributed by atoms with van der Waals surface area (Å²) < 4.78 is 94.3. The summed E-state index contributed by atoms with van der Waals surface area (Å²) in [6, 6.07) is 23.9. The van der Waals surface area contributed by atoms with Gasteiger partial charge in [-0.2, -0.15) is 17.4 Å². The van der Waals surface area contributed by atoms with Crippen LogP contribution < -0.4 is 14.5 Å². The van der Waals surface area contributed by atoms with Crippen molar-refractivity contribution in [3.63, 3.8) is 0 Å². The summed E-state index contributed by atoms with van der Waals surface area (Å²) in [5.74, 6) is 0.727. The fourth-order valence-corrected chi connectivity index (χ4v) is 10.8. The zero-order valence-corrected chi connectivity index (χ0v) is 38.8. The second kappa shape index (κ2) is 23.8. The summed E-state index contributed by atoms with van der Waals surface area (Å²) in [5, 5.41) is 18.4. The Labute approximate surface area is 392 Å². The lowest BCUT2D eigenvalue weighted by Crippen LogP contribution is -2.48. The van der Waals surface area contributed by atoms with E-state index in [-0.39, 0.29) is 53.6 Å². The van der Waals surface area contributed by atoms with Crippen molar-refractivity contribution in [1.29, 1.82) is 0 Å². The molecule has 2 saturated heterocycles. The number of piperazine rings is 2. The van der Waals surface area contributed by atoms with Crippen LogP contribution in [0.1, 0.15) is 50.5 Å². The van der Waals surface area contributed by atoms with E-state index >= 15 is 0 Å². The highest BCUT2D eigenvalue weighted by molar-refractivity contribution is 7.89. The zero-order chi connectivity index (χ0) is 46.6. The molecule has 0 bridgehead atoms. The van der Waals surface area contributed by atoms with Gasteiger partial charge in [0.15, 0.2) is 0 Å². The maximum Gasteiger partial charge on any atom is 0.310 e. The molecule has 6 aromatic rings. The number of phenols is 1. The first-order valence-corrected chi connectivity index (χ1v) is 25.0. The van der Waals surface area contributed by atoms with E-state index in [0.29, 0.717) is 82.6 Å². The monoisotopic (exact) mass is 986 g/mol. The molecule has 0 aliphatic carbocycles. The lowest BCUT2D eigenvalue weighted by atomic mass is 10.1. The van der Waals surface area contributed by atoms with E-state index < -0.39 is 20.0 Å². The third-order valence-corrected chi connectivity index (χ3v) is 15.4. The number of benzene rings is 4. The Morgan fingerprint density at radius 2 is 0.985 bits per heavy atom. The Kier molecular flexibility index (Phi) is 18.6. The van der Waals surface area contributed by atoms with Gasteiger partial charge in [0.25, 0.3) is 0 Å². The van der Waals surface area contributed by atoms with Gasteiger partial charge in [-0.25, -0.2) is 35.6 Å². The van der Waals surface area contributed by atoms with Crippen LogP contribution in [0.3, 0.4) is 0 Å². The van der Waals surface area contributed by atoms with Gasteiger partial charge in [-0.05, 0) is 90.8 Å². The van der Waals surface area contributed by atoms with Crippen LogP contribution in [0.4, 0.5) is 19.0 Å². The Bertz CT molecular complexity index is 2680. The second-order valence-corrected chi connectivity index (χ2v) is 19.8. The Morgan fingerprint density at radius 3 is 1.35 bits per heavy atom. The zero-order valence-electron chi connectivity index (χ0n) is 35.5. The van der Waals surface area contributed by atoms with Crippen molar-refractivity contribution >= 4 is 59.3 Å². The Hall–Kier alpha value is -5.49. The smallest absolute Gasteiger partial charge is 0.310 e. The van der Waals surface area contributed by atoms with E-state index in [1.54, 1.807) is 38.1 Å². The summed E-state index contributed by atoms with van der Waals surface area (Å²) in [6.07, 6.45) is 1.27. The number of esters is 1.